The molecule has 0 unspecified atom stereocenters. The van der Waals surface area contributed by atoms with Crippen molar-refractivity contribution in [2.24, 2.45) is 0 Å². The number of nitrogens with zero attached hydrogens (tertiary/aromatic N) is 1. The maximum atomic E-state index is 13.0. The molecule has 0 aliphatic heterocycles. The molecule has 0 aliphatic carbocycles. The van der Waals surface area contributed by atoms with Gasteiger partial charge in [-0.15, -0.1) is 11.3 Å². The van der Waals surface area contributed by atoms with Crippen molar-refractivity contribution in [1.82, 2.24) is 15.8 Å². The monoisotopic (exact) mass is 413 g/mol. The number of rotatable bonds is 6. The Hall–Kier alpha value is -3.26. The number of halogens is 1. The molecule has 0 fully saturated rings. The quantitative estimate of drug-likeness (QED) is 0.608. The lowest BCUT2D eigenvalue weighted by Gasteiger charge is -2.10. The molecule has 0 radical (unpaired) electrons. The first-order valence-corrected chi connectivity index (χ1v) is 9.74. The molecule has 6 nitrogen and oxygen atoms in total. The van der Waals surface area contributed by atoms with Crippen molar-refractivity contribution < 1.29 is 18.7 Å². The van der Waals surface area contributed by atoms with Crippen molar-refractivity contribution in [2.45, 2.75) is 19.8 Å². The van der Waals surface area contributed by atoms with Crippen LogP contribution in [0, 0.1) is 12.7 Å². The van der Waals surface area contributed by atoms with E-state index in [1.165, 1.54) is 23.5 Å². The van der Waals surface area contributed by atoms with Gasteiger partial charge in [0.15, 0.2) is 0 Å². The summed E-state index contributed by atoms with van der Waals surface area (Å²) in [7, 11) is 1.54. The minimum Gasteiger partial charge on any atom is -0.496 e. The van der Waals surface area contributed by atoms with E-state index in [0.29, 0.717) is 16.5 Å². The second-order valence-electron chi connectivity index (χ2n) is 6.42. The maximum absolute atomic E-state index is 13.0. The highest BCUT2D eigenvalue weighted by molar-refractivity contribution is 7.13. The van der Waals surface area contributed by atoms with E-state index in [1.54, 1.807) is 30.7 Å². The number of nitrogens with one attached hydrogen (secondary N) is 2. The third-order valence-electron chi connectivity index (χ3n) is 4.11. The molecule has 0 spiro atoms. The smallest absolute Gasteiger partial charge is 0.244 e. The first kappa shape index (κ1) is 20.5. The lowest BCUT2D eigenvalue weighted by atomic mass is 10.1. The van der Waals surface area contributed by atoms with E-state index >= 15 is 0 Å². The van der Waals surface area contributed by atoms with Crippen LogP contribution in [0.1, 0.15) is 16.8 Å². The van der Waals surface area contributed by atoms with Gasteiger partial charge in [0, 0.05) is 16.5 Å². The lowest BCUT2D eigenvalue weighted by Crippen LogP contribution is -2.43. The van der Waals surface area contributed by atoms with E-state index in [0.717, 1.165) is 16.7 Å². The molecule has 0 saturated carbocycles. The number of amides is 2. The molecule has 2 amide bonds. The van der Waals surface area contributed by atoms with Crippen LogP contribution < -0.4 is 15.6 Å². The van der Waals surface area contributed by atoms with Crippen molar-refractivity contribution >= 4 is 23.2 Å². The number of hydrazine groups is 1. The Balaban J connectivity index is 1.52. The summed E-state index contributed by atoms with van der Waals surface area (Å²) in [5, 5.41) is 2.46. The number of carbonyl (C=O) groups excluding carboxylic acids is 2. The van der Waals surface area contributed by atoms with Gasteiger partial charge in [-0.25, -0.2) is 9.37 Å². The van der Waals surface area contributed by atoms with Crippen LogP contribution in [0.5, 0.6) is 5.75 Å². The Morgan fingerprint density at radius 1 is 1.07 bits per heavy atom. The maximum Gasteiger partial charge on any atom is 0.244 e. The zero-order valence-corrected chi connectivity index (χ0v) is 16.8. The molecule has 1 heterocycles. The Kier molecular flexibility index (Phi) is 6.56. The highest BCUT2D eigenvalue weighted by Gasteiger charge is 2.12. The van der Waals surface area contributed by atoms with Gasteiger partial charge in [0.25, 0.3) is 0 Å². The van der Waals surface area contributed by atoms with Gasteiger partial charge in [-0.2, -0.15) is 0 Å². The minimum absolute atomic E-state index is 0.0196. The summed E-state index contributed by atoms with van der Waals surface area (Å²) in [6.45, 7) is 1.93. The lowest BCUT2D eigenvalue weighted by molar-refractivity contribution is -0.128. The zero-order valence-electron chi connectivity index (χ0n) is 16.0. The Morgan fingerprint density at radius 2 is 1.76 bits per heavy atom. The van der Waals surface area contributed by atoms with Gasteiger partial charge >= 0.3 is 0 Å². The highest BCUT2D eigenvalue weighted by Crippen LogP contribution is 2.24. The summed E-state index contributed by atoms with van der Waals surface area (Å²) in [6, 6.07) is 11.6. The van der Waals surface area contributed by atoms with Crippen molar-refractivity contribution in [3.05, 3.63) is 70.5 Å². The summed E-state index contributed by atoms with van der Waals surface area (Å²) < 4.78 is 18.3. The van der Waals surface area contributed by atoms with Crippen LogP contribution in [0.3, 0.4) is 0 Å². The normalized spacial score (nSPS) is 10.4. The van der Waals surface area contributed by atoms with Crippen LogP contribution in [0.4, 0.5) is 4.39 Å². The van der Waals surface area contributed by atoms with Gasteiger partial charge < -0.3 is 4.74 Å². The standard InChI is InChI=1S/C21H20FN3O3S/c1-13-3-8-18(28-2)15(9-13)10-19(26)24-25-20(27)11-17-12-29-21(23-17)14-4-6-16(22)7-5-14/h3-9,12H,10-11H2,1-2H3,(H,24,26)(H,25,27). The van der Waals surface area contributed by atoms with Crippen molar-refractivity contribution in [3.8, 4) is 16.3 Å². The van der Waals surface area contributed by atoms with Gasteiger partial charge in [0.05, 0.1) is 25.6 Å². The van der Waals surface area contributed by atoms with Crippen LogP contribution in [-0.4, -0.2) is 23.9 Å². The predicted molar refractivity (Wildman–Crippen MR) is 109 cm³/mol. The molecule has 2 N–H and O–H groups in total. The van der Waals surface area contributed by atoms with Crippen LogP contribution in [-0.2, 0) is 22.4 Å². The number of aryl methyl sites for hydroxylation is 1. The number of carbonyl (C=O) groups is 2. The number of hydrogen-bond donors (Lipinski definition) is 2. The Labute approximate surface area is 171 Å². The molecule has 3 rings (SSSR count). The Bertz CT molecular complexity index is 1020. The van der Waals surface area contributed by atoms with E-state index in [1.807, 2.05) is 19.1 Å². The molecular formula is C21H20FN3O3S. The Morgan fingerprint density at radius 3 is 2.45 bits per heavy atom. The SMILES string of the molecule is COc1ccc(C)cc1CC(=O)NNC(=O)Cc1csc(-c2ccc(F)cc2)n1. The van der Waals surface area contributed by atoms with E-state index in [9.17, 15) is 14.0 Å². The van der Waals surface area contributed by atoms with Gasteiger partial charge in [-0.1, -0.05) is 17.7 Å². The summed E-state index contributed by atoms with van der Waals surface area (Å²) in [5.41, 5.74) is 7.90. The van der Waals surface area contributed by atoms with Gasteiger partial charge in [-0.05, 0) is 37.3 Å². The molecule has 150 valence electrons. The molecule has 0 bridgehead atoms. The fourth-order valence-electron chi connectivity index (χ4n) is 2.72. The van der Waals surface area contributed by atoms with E-state index < -0.39 is 0 Å². The fourth-order valence-corrected chi connectivity index (χ4v) is 3.55. The van der Waals surface area contributed by atoms with Gasteiger partial charge in [-0.3, -0.25) is 20.4 Å². The van der Waals surface area contributed by atoms with Crippen molar-refractivity contribution in [3.63, 3.8) is 0 Å². The average molecular weight is 413 g/mol. The minimum atomic E-state index is -0.384. The highest BCUT2D eigenvalue weighted by atomic mass is 32.1. The van der Waals surface area contributed by atoms with Gasteiger partial charge in [0.2, 0.25) is 11.8 Å². The summed E-state index contributed by atoms with van der Waals surface area (Å²) in [5.74, 6) is -0.435. The first-order valence-electron chi connectivity index (χ1n) is 8.86. The number of aromatic nitrogens is 1. The molecule has 0 atom stereocenters. The molecular weight excluding hydrogens is 393 g/mol. The molecule has 2 aromatic carbocycles. The van der Waals surface area contributed by atoms with Crippen molar-refractivity contribution in [2.75, 3.05) is 7.11 Å². The predicted octanol–water partition coefficient (Wildman–Crippen LogP) is 3.20. The summed E-state index contributed by atoms with van der Waals surface area (Å²) in [6.07, 6.45) is 0.0995. The number of benzene rings is 2. The number of hydrogen-bond acceptors (Lipinski definition) is 5. The first-order chi connectivity index (χ1) is 13.9. The number of thiazole rings is 1. The fraction of sp³-hybridized carbons (Fsp3) is 0.190. The largest absolute Gasteiger partial charge is 0.496 e. The molecule has 3 aromatic rings. The van der Waals surface area contributed by atoms with E-state index in [2.05, 4.69) is 15.8 Å². The van der Waals surface area contributed by atoms with Crippen LogP contribution >= 0.6 is 11.3 Å². The zero-order chi connectivity index (χ0) is 20.8. The third kappa shape index (κ3) is 5.61. The molecule has 8 heteroatoms. The summed E-state index contributed by atoms with van der Waals surface area (Å²) >= 11 is 1.37. The second-order valence-corrected chi connectivity index (χ2v) is 7.27. The molecule has 0 aliphatic rings. The molecule has 0 saturated heterocycles. The number of methoxy groups -OCH3 is 1. The topological polar surface area (TPSA) is 80.3 Å². The van der Waals surface area contributed by atoms with Crippen molar-refractivity contribution in [1.29, 1.82) is 0 Å². The molecule has 1 aromatic heterocycles. The van der Waals surface area contributed by atoms with E-state index in [4.69, 9.17) is 4.74 Å². The average Bonchev–Trinajstić information content (AvgIpc) is 3.15. The summed E-state index contributed by atoms with van der Waals surface area (Å²) in [4.78, 5) is 28.6. The van der Waals surface area contributed by atoms with Crippen LogP contribution in [0.25, 0.3) is 10.6 Å². The van der Waals surface area contributed by atoms with E-state index in [-0.39, 0.29) is 30.5 Å². The van der Waals surface area contributed by atoms with Gasteiger partial charge in [0.1, 0.15) is 16.6 Å². The third-order valence-corrected chi connectivity index (χ3v) is 5.05. The van der Waals surface area contributed by atoms with Crippen LogP contribution in [0.2, 0.25) is 0 Å². The number of ether oxygens (including phenoxy) is 1. The molecule has 29 heavy (non-hydrogen) atoms. The van der Waals surface area contributed by atoms with Crippen LogP contribution in [0.15, 0.2) is 47.8 Å². The second kappa shape index (κ2) is 9.29.